The molecule has 1 aliphatic rings. The van der Waals surface area contributed by atoms with Crippen LogP contribution in [-0.2, 0) is 17.5 Å². The quantitative estimate of drug-likeness (QED) is 0.514. The number of piperidine rings is 1. The molecule has 1 aromatic carbocycles. The zero-order valence-electron chi connectivity index (χ0n) is 18.2. The molecule has 176 valence electrons. The Bertz CT molecular complexity index is 1140. The molecule has 1 fully saturated rings. The summed E-state index contributed by atoms with van der Waals surface area (Å²) >= 11 is 6.05. The minimum atomic E-state index is -4.48. The van der Waals surface area contributed by atoms with Gasteiger partial charge in [-0.3, -0.25) is 4.79 Å². The number of benzene rings is 1. The number of hydrogen-bond donors (Lipinski definition) is 1. The standard InChI is InChI=1S/C23H25ClF3N5O/c1-15-30-19-5-2-3-6-20(19)32(15)10-4-9-28-22(33)16-7-11-31(12-8-16)21-18(24)13-17(14-29-21)23(25,26)27/h2-3,5-6,13-14,16H,4,7-12H2,1H3,(H,28,33). The van der Waals surface area contributed by atoms with Crippen molar-refractivity contribution in [3.8, 4) is 0 Å². The number of imidazole rings is 1. The van der Waals surface area contributed by atoms with E-state index in [9.17, 15) is 18.0 Å². The molecule has 3 aromatic rings. The molecule has 0 saturated carbocycles. The number of hydrogen-bond acceptors (Lipinski definition) is 4. The van der Waals surface area contributed by atoms with Crippen LogP contribution in [0.15, 0.2) is 36.5 Å². The van der Waals surface area contributed by atoms with E-state index in [0.717, 1.165) is 42.1 Å². The van der Waals surface area contributed by atoms with E-state index in [4.69, 9.17) is 11.6 Å². The Labute approximate surface area is 194 Å². The van der Waals surface area contributed by atoms with Crippen molar-refractivity contribution >= 4 is 34.4 Å². The number of halogens is 4. The average Bonchev–Trinajstić information content (AvgIpc) is 3.11. The van der Waals surface area contributed by atoms with Crippen LogP contribution in [0, 0.1) is 12.8 Å². The number of aromatic nitrogens is 3. The summed E-state index contributed by atoms with van der Waals surface area (Å²) in [6.07, 6.45) is -1.71. The summed E-state index contributed by atoms with van der Waals surface area (Å²) in [5.74, 6) is 1.15. The number of carbonyl (C=O) groups is 1. The molecule has 1 aliphatic heterocycles. The van der Waals surface area contributed by atoms with Gasteiger partial charge in [-0.15, -0.1) is 0 Å². The first-order valence-electron chi connectivity index (χ1n) is 10.9. The molecule has 6 nitrogen and oxygen atoms in total. The van der Waals surface area contributed by atoms with Gasteiger partial charge >= 0.3 is 6.18 Å². The summed E-state index contributed by atoms with van der Waals surface area (Å²) < 4.78 is 40.6. The Morgan fingerprint density at radius 3 is 2.67 bits per heavy atom. The number of fused-ring (bicyclic) bond motifs is 1. The normalized spacial score (nSPS) is 15.2. The predicted molar refractivity (Wildman–Crippen MR) is 121 cm³/mol. The van der Waals surface area contributed by atoms with Gasteiger partial charge in [0.15, 0.2) is 0 Å². The molecular formula is C23H25ClF3N5O. The molecule has 1 amide bonds. The molecule has 10 heteroatoms. The fraction of sp³-hybridized carbons (Fsp3) is 0.435. The Morgan fingerprint density at radius 2 is 1.97 bits per heavy atom. The number of amides is 1. The predicted octanol–water partition coefficient (Wildman–Crippen LogP) is 4.83. The fourth-order valence-corrected chi connectivity index (χ4v) is 4.53. The average molecular weight is 480 g/mol. The fourth-order valence-electron chi connectivity index (χ4n) is 4.24. The lowest BCUT2D eigenvalue weighted by Crippen LogP contribution is -2.41. The maximum absolute atomic E-state index is 12.8. The number of para-hydroxylation sites is 2. The highest BCUT2D eigenvalue weighted by atomic mass is 35.5. The van der Waals surface area contributed by atoms with Gasteiger partial charge in [0.2, 0.25) is 5.91 Å². The molecule has 1 N–H and O–H groups in total. The summed E-state index contributed by atoms with van der Waals surface area (Å²) in [5.41, 5.74) is 1.18. The Balaban J connectivity index is 1.25. The van der Waals surface area contributed by atoms with Crippen molar-refractivity contribution in [2.75, 3.05) is 24.5 Å². The van der Waals surface area contributed by atoms with E-state index >= 15 is 0 Å². The number of nitrogens with one attached hydrogen (secondary N) is 1. The topological polar surface area (TPSA) is 63.1 Å². The first kappa shape index (κ1) is 23.4. The lowest BCUT2D eigenvalue weighted by molar-refractivity contribution is -0.137. The Hall–Kier alpha value is -2.81. The van der Waals surface area contributed by atoms with Crippen LogP contribution in [0.3, 0.4) is 0 Å². The van der Waals surface area contributed by atoms with Gasteiger partial charge in [0.1, 0.15) is 11.6 Å². The number of nitrogens with zero attached hydrogens (tertiary/aromatic N) is 4. The molecule has 0 aliphatic carbocycles. The second-order valence-electron chi connectivity index (χ2n) is 8.23. The second kappa shape index (κ2) is 9.59. The van der Waals surface area contributed by atoms with Crippen LogP contribution in [0.5, 0.6) is 0 Å². The van der Waals surface area contributed by atoms with Crippen molar-refractivity contribution in [1.29, 1.82) is 0 Å². The second-order valence-corrected chi connectivity index (χ2v) is 8.64. The maximum Gasteiger partial charge on any atom is 0.417 e. The summed E-state index contributed by atoms with van der Waals surface area (Å²) in [4.78, 5) is 22.9. The van der Waals surface area contributed by atoms with E-state index in [-0.39, 0.29) is 16.8 Å². The highest BCUT2D eigenvalue weighted by molar-refractivity contribution is 6.33. The number of carbonyl (C=O) groups excluding carboxylic acids is 1. The minimum Gasteiger partial charge on any atom is -0.356 e. The zero-order valence-corrected chi connectivity index (χ0v) is 19.0. The van der Waals surface area contributed by atoms with Crippen LogP contribution in [0.2, 0.25) is 5.02 Å². The molecule has 3 heterocycles. The molecule has 1 saturated heterocycles. The first-order chi connectivity index (χ1) is 15.7. The molecule has 0 unspecified atom stereocenters. The van der Waals surface area contributed by atoms with Gasteiger partial charge in [0.05, 0.1) is 21.6 Å². The van der Waals surface area contributed by atoms with Crippen molar-refractivity contribution < 1.29 is 18.0 Å². The van der Waals surface area contributed by atoms with E-state index in [1.807, 2.05) is 36.1 Å². The van der Waals surface area contributed by atoms with E-state index in [2.05, 4.69) is 19.9 Å². The summed E-state index contributed by atoms with van der Waals surface area (Å²) in [5, 5.41) is 2.98. The summed E-state index contributed by atoms with van der Waals surface area (Å²) in [7, 11) is 0. The molecule has 2 aromatic heterocycles. The molecule has 33 heavy (non-hydrogen) atoms. The number of alkyl halides is 3. The number of pyridine rings is 1. The van der Waals surface area contributed by atoms with Crippen LogP contribution < -0.4 is 10.2 Å². The van der Waals surface area contributed by atoms with Crippen molar-refractivity contribution in [3.63, 3.8) is 0 Å². The number of rotatable bonds is 6. The van der Waals surface area contributed by atoms with Gasteiger partial charge in [-0.25, -0.2) is 9.97 Å². The van der Waals surface area contributed by atoms with E-state index in [1.165, 1.54) is 0 Å². The summed E-state index contributed by atoms with van der Waals surface area (Å²) in [6, 6.07) is 8.88. The van der Waals surface area contributed by atoms with Crippen molar-refractivity contribution in [2.24, 2.45) is 5.92 Å². The lowest BCUT2D eigenvalue weighted by atomic mass is 9.96. The largest absolute Gasteiger partial charge is 0.417 e. The van der Waals surface area contributed by atoms with E-state index in [0.29, 0.717) is 38.3 Å². The van der Waals surface area contributed by atoms with Crippen LogP contribution in [-0.4, -0.2) is 40.1 Å². The lowest BCUT2D eigenvalue weighted by Gasteiger charge is -2.32. The molecule has 0 radical (unpaired) electrons. The molecule has 0 bridgehead atoms. The van der Waals surface area contributed by atoms with Crippen LogP contribution in [0.25, 0.3) is 11.0 Å². The van der Waals surface area contributed by atoms with Crippen LogP contribution >= 0.6 is 11.6 Å². The van der Waals surface area contributed by atoms with Crippen LogP contribution in [0.1, 0.15) is 30.7 Å². The molecule has 4 rings (SSSR count). The third-order valence-corrected chi connectivity index (χ3v) is 6.30. The Kier molecular flexibility index (Phi) is 6.78. The van der Waals surface area contributed by atoms with Gasteiger partial charge in [-0.2, -0.15) is 13.2 Å². The van der Waals surface area contributed by atoms with Gasteiger partial charge < -0.3 is 14.8 Å². The third-order valence-electron chi connectivity index (χ3n) is 6.02. The molecule has 0 spiro atoms. The van der Waals surface area contributed by atoms with Gasteiger partial charge in [-0.05, 0) is 44.4 Å². The smallest absolute Gasteiger partial charge is 0.356 e. The minimum absolute atomic E-state index is 0.00772. The zero-order chi connectivity index (χ0) is 23.6. The third kappa shape index (κ3) is 5.24. The van der Waals surface area contributed by atoms with Crippen molar-refractivity contribution in [3.05, 3.63) is 52.9 Å². The summed E-state index contributed by atoms with van der Waals surface area (Å²) in [6.45, 7) is 4.33. The van der Waals surface area contributed by atoms with Crippen molar-refractivity contribution in [1.82, 2.24) is 19.9 Å². The first-order valence-corrected chi connectivity index (χ1v) is 11.3. The maximum atomic E-state index is 12.8. The number of anilines is 1. The Morgan fingerprint density at radius 1 is 1.24 bits per heavy atom. The van der Waals surface area contributed by atoms with Gasteiger partial charge in [0.25, 0.3) is 0 Å². The molecular weight excluding hydrogens is 455 g/mol. The number of aryl methyl sites for hydroxylation is 2. The van der Waals surface area contributed by atoms with Gasteiger partial charge in [0, 0.05) is 38.3 Å². The molecule has 0 atom stereocenters. The highest BCUT2D eigenvalue weighted by Gasteiger charge is 2.33. The monoisotopic (exact) mass is 479 g/mol. The van der Waals surface area contributed by atoms with E-state index in [1.54, 1.807) is 0 Å². The van der Waals surface area contributed by atoms with Crippen molar-refractivity contribution in [2.45, 2.75) is 38.9 Å². The van der Waals surface area contributed by atoms with E-state index < -0.39 is 11.7 Å². The SMILES string of the molecule is Cc1nc2ccccc2n1CCCNC(=O)C1CCN(c2ncc(C(F)(F)F)cc2Cl)CC1. The van der Waals surface area contributed by atoms with Gasteiger partial charge in [-0.1, -0.05) is 23.7 Å². The van der Waals surface area contributed by atoms with Crippen LogP contribution in [0.4, 0.5) is 19.0 Å². The highest BCUT2D eigenvalue weighted by Crippen LogP contribution is 2.34.